The third-order valence-corrected chi connectivity index (χ3v) is 2.23. The van der Waals surface area contributed by atoms with Crippen molar-refractivity contribution in [1.82, 2.24) is 0 Å². The molecule has 1 rings (SSSR count). The van der Waals surface area contributed by atoms with Crippen LogP contribution in [0.4, 0.5) is 8.78 Å². The first kappa shape index (κ1) is 11.1. The highest BCUT2D eigenvalue weighted by Crippen LogP contribution is 2.31. The van der Waals surface area contributed by atoms with Crippen LogP contribution in [0.5, 0.6) is 0 Å². The average molecular weight is 199 g/mol. The predicted octanol–water partition coefficient (Wildman–Crippen LogP) is 3.01. The first-order valence-corrected chi connectivity index (χ1v) is 4.53. The maximum atomic E-state index is 13.3. The lowest BCUT2D eigenvalue weighted by atomic mass is 9.83. The quantitative estimate of drug-likeness (QED) is 0.739. The van der Waals surface area contributed by atoms with Gasteiger partial charge in [0.05, 0.1) is 0 Å². The van der Waals surface area contributed by atoms with Crippen LogP contribution in [-0.4, -0.2) is 0 Å². The van der Waals surface area contributed by atoms with Gasteiger partial charge in [-0.1, -0.05) is 20.8 Å². The van der Waals surface area contributed by atoms with Crippen molar-refractivity contribution in [1.29, 1.82) is 0 Å². The van der Waals surface area contributed by atoms with Crippen LogP contribution >= 0.6 is 0 Å². The van der Waals surface area contributed by atoms with Crippen LogP contribution in [0.15, 0.2) is 18.2 Å². The molecule has 14 heavy (non-hydrogen) atoms. The van der Waals surface area contributed by atoms with Crippen molar-refractivity contribution in [3.05, 3.63) is 35.4 Å². The summed E-state index contributed by atoms with van der Waals surface area (Å²) in [6.07, 6.45) is 0. The lowest BCUT2D eigenvalue weighted by molar-refractivity contribution is 0.318. The van der Waals surface area contributed by atoms with Crippen LogP contribution in [0.3, 0.4) is 0 Å². The minimum absolute atomic E-state index is 0.234. The molecule has 0 spiro atoms. The lowest BCUT2D eigenvalue weighted by Crippen LogP contribution is -2.27. The zero-order valence-corrected chi connectivity index (χ0v) is 8.64. The fraction of sp³-hybridized carbons (Fsp3) is 0.455. The Kier molecular flexibility index (Phi) is 2.90. The largest absolute Gasteiger partial charge is 0.323 e. The van der Waals surface area contributed by atoms with Gasteiger partial charge in [0, 0.05) is 11.6 Å². The molecule has 0 saturated carbocycles. The van der Waals surface area contributed by atoms with Crippen LogP contribution < -0.4 is 5.73 Å². The van der Waals surface area contributed by atoms with Gasteiger partial charge < -0.3 is 5.73 Å². The number of nitrogens with two attached hydrogens (primary N) is 1. The van der Waals surface area contributed by atoms with Crippen molar-refractivity contribution in [3.8, 4) is 0 Å². The molecule has 1 aromatic rings. The maximum Gasteiger partial charge on any atom is 0.128 e. The summed E-state index contributed by atoms with van der Waals surface area (Å²) in [5.74, 6) is -0.907. The summed E-state index contributed by atoms with van der Waals surface area (Å²) in [6.45, 7) is 5.67. The minimum Gasteiger partial charge on any atom is -0.323 e. The van der Waals surface area contributed by atoms with E-state index in [9.17, 15) is 8.78 Å². The maximum absolute atomic E-state index is 13.3. The van der Waals surface area contributed by atoms with E-state index in [2.05, 4.69) is 0 Å². The normalized spacial score (nSPS) is 14.1. The number of benzene rings is 1. The van der Waals surface area contributed by atoms with E-state index < -0.39 is 17.7 Å². The number of hydrogen-bond donors (Lipinski definition) is 1. The molecule has 0 fully saturated rings. The first-order chi connectivity index (χ1) is 6.32. The van der Waals surface area contributed by atoms with E-state index in [0.29, 0.717) is 0 Å². The Hall–Kier alpha value is -0.960. The Labute approximate surface area is 82.9 Å². The molecule has 0 saturated heterocycles. The van der Waals surface area contributed by atoms with Crippen molar-refractivity contribution < 1.29 is 8.78 Å². The fourth-order valence-electron chi connectivity index (χ4n) is 1.22. The van der Waals surface area contributed by atoms with Gasteiger partial charge >= 0.3 is 0 Å². The summed E-state index contributed by atoms with van der Waals surface area (Å²) < 4.78 is 26.2. The molecule has 0 bridgehead atoms. The zero-order valence-electron chi connectivity index (χ0n) is 8.64. The number of halogens is 2. The lowest BCUT2D eigenvalue weighted by Gasteiger charge is -2.27. The molecule has 0 aliphatic rings. The molecule has 0 aromatic heterocycles. The molecule has 1 aromatic carbocycles. The second-order valence-electron chi connectivity index (χ2n) is 4.51. The number of rotatable bonds is 1. The fourth-order valence-corrected chi connectivity index (χ4v) is 1.22. The summed E-state index contributed by atoms with van der Waals surface area (Å²) in [5, 5.41) is 0. The molecule has 78 valence electrons. The Bertz CT molecular complexity index is 329. The van der Waals surface area contributed by atoms with Gasteiger partial charge in [-0.25, -0.2) is 8.78 Å². The van der Waals surface area contributed by atoms with Gasteiger partial charge in [0.25, 0.3) is 0 Å². The molecule has 2 N–H and O–H groups in total. The Morgan fingerprint density at radius 2 is 1.79 bits per heavy atom. The van der Waals surface area contributed by atoms with Gasteiger partial charge in [-0.2, -0.15) is 0 Å². The first-order valence-electron chi connectivity index (χ1n) is 4.53. The summed E-state index contributed by atoms with van der Waals surface area (Å²) in [6, 6.07) is 2.86. The van der Waals surface area contributed by atoms with Gasteiger partial charge in [0.15, 0.2) is 0 Å². The van der Waals surface area contributed by atoms with Gasteiger partial charge in [-0.15, -0.1) is 0 Å². The monoisotopic (exact) mass is 199 g/mol. The second-order valence-corrected chi connectivity index (χ2v) is 4.51. The molecule has 0 heterocycles. The van der Waals surface area contributed by atoms with Gasteiger partial charge in [-0.05, 0) is 23.6 Å². The van der Waals surface area contributed by atoms with E-state index in [0.717, 1.165) is 18.2 Å². The van der Waals surface area contributed by atoms with E-state index in [-0.39, 0.29) is 11.0 Å². The summed E-state index contributed by atoms with van der Waals surface area (Å²) in [7, 11) is 0. The molecular formula is C11H15F2N. The van der Waals surface area contributed by atoms with Crippen LogP contribution in [0.1, 0.15) is 32.4 Å². The smallest absolute Gasteiger partial charge is 0.128 e. The minimum atomic E-state index is -0.502. The molecule has 0 unspecified atom stereocenters. The Balaban J connectivity index is 3.12. The molecule has 0 aliphatic heterocycles. The average Bonchev–Trinajstić information content (AvgIpc) is 2.06. The third kappa shape index (κ3) is 2.29. The Morgan fingerprint density at radius 3 is 2.29 bits per heavy atom. The predicted molar refractivity (Wildman–Crippen MR) is 52.7 cm³/mol. The zero-order chi connectivity index (χ0) is 10.9. The van der Waals surface area contributed by atoms with Crippen molar-refractivity contribution in [2.24, 2.45) is 11.1 Å². The van der Waals surface area contributed by atoms with Crippen molar-refractivity contribution in [2.45, 2.75) is 26.8 Å². The van der Waals surface area contributed by atoms with E-state index in [4.69, 9.17) is 5.73 Å². The van der Waals surface area contributed by atoms with Gasteiger partial charge in [-0.3, -0.25) is 0 Å². The molecular weight excluding hydrogens is 184 g/mol. The van der Waals surface area contributed by atoms with Crippen LogP contribution in [0, 0.1) is 17.0 Å². The summed E-state index contributed by atoms with van der Waals surface area (Å²) in [4.78, 5) is 0. The van der Waals surface area contributed by atoms with Crippen molar-refractivity contribution in [2.75, 3.05) is 0 Å². The molecule has 3 heteroatoms. The van der Waals surface area contributed by atoms with E-state index in [1.54, 1.807) is 0 Å². The van der Waals surface area contributed by atoms with Gasteiger partial charge in [0.1, 0.15) is 11.6 Å². The van der Waals surface area contributed by atoms with E-state index in [1.165, 1.54) is 0 Å². The SMILES string of the molecule is CC(C)(C)[C@@H](N)c1cc(F)ccc1F. The Morgan fingerprint density at radius 1 is 1.21 bits per heavy atom. The summed E-state index contributed by atoms with van der Waals surface area (Å²) >= 11 is 0. The van der Waals surface area contributed by atoms with Crippen LogP contribution in [0.25, 0.3) is 0 Å². The topological polar surface area (TPSA) is 26.0 Å². The molecule has 0 aliphatic carbocycles. The highest BCUT2D eigenvalue weighted by atomic mass is 19.1. The third-order valence-electron chi connectivity index (χ3n) is 2.23. The second kappa shape index (κ2) is 3.65. The van der Waals surface area contributed by atoms with Crippen molar-refractivity contribution in [3.63, 3.8) is 0 Å². The molecule has 0 amide bonds. The highest BCUT2D eigenvalue weighted by Gasteiger charge is 2.25. The molecule has 1 nitrogen and oxygen atoms in total. The van der Waals surface area contributed by atoms with Gasteiger partial charge in [0.2, 0.25) is 0 Å². The van der Waals surface area contributed by atoms with E-state index >= 15 is 0 Å². The summed E-state index contributed by atoms with van der Waals surface area (Å²) in [5.41, 5.74) is 5.79. The standard InChI is InChI=1S/C11H15F2N/c1-11(2,3)10(14)8-6-7(12)4-5-9(8)13/h4-6,10H,14H2,1-3H3/t10-/m0/s1. The molecule has 1 atom stereocenters. The number of hydrogen-bond acceptors (Lipinski definition) is 1. The van der Waals surface area contributed by atoms with Crippen LogP contribution in [0.2, 0.25) is 0 Å². The van der Waals surface area contributed by atoms with E-state index in [1.807, 2.05) is 20.8 Å². The molecule has 0 radical (unpaired) electrons. The van der Waals surface area contributed by atoms with Crippen LogP contribution in [-0.2, 0) is 0 Å². The highest BCUT2D eigenvalue weighted by molar-refractivity contribution is 5.23. The van der Waals surface area contributed by atoms with Crippen molar-refractivity contribution >= 4 is 0 Å².